The third kappa shape index (κ3) is 5.53. The van der Waals surface area contributed by atoms with Crippen molar-refractivity contribution in [2.45, 2.75) is 43.8 Å². The zero-order valence-corrected chi connectivity index (χ0v) is 17.6. The Morgan fingerprint density at radius 1 is 1.19 bits per heavy atom. The van der Waals surface area contributed by atoms with Crippen LogP contribution in [0.4, 0.5) is 10.6 Å². The van der Waals surface area contributed by atoms with E-state index >= 15 is 0 Å². The first-order chi connectivity index (χ1) is 11.9. The van der Waals surface area contributed by atoms with Crippen LogP contribution in [0.15, 0.2) is 24.3 Å². The zero-order valence-electron chi connectivity index (χ0n) is 15.4. The minimum atomic E-state index is -1.67. The Morgan fingerprint density at radius 3 is 2.42 bits per heavy atom. The van der Waals surface area contributed by atoms with Crippen LogP contribution < -0.4 is 5.32 Å². The van der Waals surface area contributed by atoms with Gasteiger partial charge in [0.2, 0.25) is 3.79 Å². The number of aromatic nitrogens is 2. The molecule has 142 valence electrons. The smallest absolute Gasteiger partial charge is 0.412 e. The topological polar surface area (TPSA) is 56.2 Å². The van der Waals surface area contributed by atoms with E-state index in [1.807, 2.05) is 58.9 Å². The molecule has 0 spiro atoms. The van der Waals surface area contributed by atoms with E-state index in [4.69, 9.17) is 39.5 Å². The lowest BCUT2D eigenvalue weighted by Gasteiger charge is -2.15. The second kappa shape index (κ2) is 7.67. The maximum Gasteiger partial charge on any atom is 0.412 e. The Balaban J connectivity index is 2.40. The fourth-order valence-electron chi connectivity index (χ4n) is 2.26. The molecule has 0 unspecified atom stereocenters. The van der Waals surface area contributed by atoms with Crippen LogP contribution in [0.5, 0.6) is 0 Å². The number of benzene rings is 1. The van der Waals surface area contributed by atoms with E-state index < -0.39 is 9.89 Å². The van der Waals surface area contributed by atoms with Crippen molar-refractivity contribution in [3.8, 4) is 5.69 Å². The van der Waals surface area contributed by atoms with Crippen molar-refractivity contribution in [3.63, 3.8) is 0 Å². The largest absolute Gasteiger partial charge is 0.445 e. The molecule has 26 heavy (non-hydrogen) atoms. The highest BCUT2D eigenvalue weighted by atomic mass is 35.6. The lowest BCUT2D eigenvalue weighted by atomic mass is 9.92. The Morgan fingerprint density at radius 2 is 1.85 bits per heavy atom. The highest BCUT2D eigenvalue weighted by Crippen LogP contribution is 2.29. The molecule has 1 heterocycles. The number of hydrogen-bond acceptors (Lipinski definition) is 3. The third-order valence-corrected chi connectivity index (χ3v) is 3.99. The van der Waals surface area contributed by atoms with Crippen LogP contribution in [0.25, 0.3) is 5.69 Å². The minimum absolute atomic E-state index is 0.194. The molecule has 0 aliphatic rings. The van der Waals surface area contributed by atoms with E-state index in [1.54, 1.807) is 4.68 Å². The van der Waals surface area contributed by atoms with Gasteiger partial charge in [-0.3, -0.25) is 5.32 Å². The summed E-state index contributed by atoms with van der Waals surface area (Å²) < 4.78 is 4.99. The summed E-state index contributed by atoms with van der Waals surface area (Å²) in [5, 5.41) is 7.37. The summed E-state index contributed by atoms with van der Waals surface area (Å²) in [7, 11) is 0. The molecule has 0 bridgehead atoms. The predicted octanol–water partition coefficient (Wildman–Crippen LogP) is 5.71. The molecule has 0 saturated carbocycles. The first kappa shape index (κ1) is 20.9. The van der Waals surface area contributed by atoms with Gasteiger partial charge in [-0.15, -0.1) is 0 Å². The van der Waals surface area contributed by atoms with Crippen LogP contribution in [0.2, 0.25) is 0 Å². The van der Waals surface area contributed by atoms with Crippen molar-refractivity contribution < 1.29 is 9.53 Å². The first-order valence-corrected chi connectivity index (χ1v) is 9.19. The van der Waals surface area contributed by atoms with Crippen LogP contribution in [-0.4, -0.2) is 26.3 Å². The molecule has 1 aromatic heterocycles. The number of anilines is 1. The number of halogens is 3. The molecule has 1 N–H and O–H groups in total. The average Bonchev–Trinajstić information content (AvgIpc) is 2.91. The SMILES string of the molecule is Cc1ccc(C)c(-n2nc(C(C)(C)C)cc2NC(=O)OCC(Cl)(Cl)Cl)c1. The van der Waals surface area contributed by atoms with E-state index in [0.29, 0.717) is 5.82 Å². The van der Waals surface area contributed by atoms with Gasteiger partial charge >= 0.3 is 6.09 Å². The predicted molar refractivity (Wildman–Crippen MR) is 107 cm³/mol. The number of hydrogen-bond donors (Lipinski definition) is 1. The van der Waals surface area contributed by atoms with Gasteiger partial charge in [0.15, 0.2) is 0 Å². The normalized spacial score (nSPS) is 12.2. The summed E-state index contributed by atoms with van der Waals surface area (Å²) in [4.78, 5) is 12.1. The van der Waals surface area contributed by atoms with Crippen LogP contribution >= 0.6 is 34.8 Å². The van der Waals surface area contributed by atoms with E-state index in [2.05, 4.69) is 10.4 Å². The van der Waals surface area contributed by atoms with E-state index in [9.17, 15) is 4.79 Å². The van der Waals surface area contributed by atoms with E-state index in [1.165, 1.54) is 0 Å². The van der Waals surface area contributed by atoms with Crippen molar-refractivity contribution in [3.05, 3.63) is 41.1 Å². The van der Waals surface area contributed by atoms with Gasteiger partial charge in [-0.1, -0.05) is 67.7 Å². The van der Waals surface area contributed by atoms with Crippen molar-refractivity contribution >= 4 is 46.7 Å². The van der Waals surface area contributed by atoms with Gasteiger partial charge in [-0.2, -0.15) is 5.10 Å². The average molecular weight is 419 g/mol. The molecule has 2 rings (SSSR count). The monoisotopic (exact) mass is 417 g/mol. The second-order valence-corrected chi connectivity index (χ2v) is 9.70. The lowest BCUT2D eigenvalue weighted by Crippen LogP contribution is -2.22. The first-order valence-electron chi connectivity index (χ1n) is 8.05. The number of carbonyl (C=O) groups excluding carboxylic acids is 1. The number of amides is 1. The van der Waals surface area contributed by atoms with Gasteiger partial charge in [0.25, 0.3) is 0 Å². The van der Waals surface area contributed by atoms with Crippen molar-refractivity contribution in [1.29, 1.82) is 0 Å². The number of rotatable bonds is 3. The number of nitrogens with zero attached hydrogens (tertiary/aromatic N) is 2. The lowest BCUT2D eigenvalue weighted by molar-refractivity contribution is 0.163. The number of aryl methyl sites for hydroxylation is 2. The molecule has 8 heteroatoms. The fraction of sp³-hybridized carbons (Fsp3) is 0.444. The molecule has 0 aliphatic carbocycles. The molecule has 1 aromatic carbocycles. The molecular weight excluding hydrogens is 397 g/mol. The summed E-state index contributed by atoms with van der Waals surface area (Å²) in [5.41, 5.74) is 3.62. The molecule has 5 nitrogen and oxygen atoms in total. The van der Waals surface area contributed by atoms with Crippen LogP contribution in [0.1, 0.15) is 37.6 Å². The summed E-state index contributed by atoms with van der Waals surface area (Å²) in [6.07, 6.45) is -0.719. The van der Waals surface area contributed by atoms with Crippen molar-refractivity contribution in [2.75, 3.05) is 11.9 Å². The summed E-state index contributed by atoms with van der Waals surface area (Å²) in [6, 6.07) is 7.86. The standard InChI is InChI=1S/C18H22Cl3N3O2/c1-11-6-7-12(2)13(8-11)24-15(9-14(23-24)17(3,4)5)22-16(25)26-10-18(19,20)21/h6-9H,10H2,1-5H3,(H,22,25). The fourth-order valence-corrected chi connectivity index (χ4v) is 2.42. The van der Waals surface area contributed by atoms with Gasteiger partial charge in [0.05, 0.1) is 11.4 Å². The van der Waals surface area contributed by atoms with Crippen LogP contribution in [0.3, 0.4) is 0 Å². The molecule has 0 aliphatic heterocycles. The van der Waals surface area contributed by atoms with E-state index in [-0.39, 0.29) is 12.0 Å². The van der Waals surface area contributed by atoms with Crippen LogP contribution in [-0.2, 0) is 10.2 Å². The molecule has 2 aromatic rings. The Bertz CT molecular complexity index is 805. The van der Waals surface area contributed by atoms with Gasteiger partial charge in [-0.25, -0.2) is 9.48 Å². The Kier molecular flexibility index (Phi) is 6.16. The summed E-state index contributed by atoms with van der Waals surface area (Å²) >= 11 is 16.9. The molecule has 0 radical (unpaired) electrons. The van der Waals surface area contributed by atoms with Crippen molar-refractivity contribution in [2.24, 2.45) is 0 Å². The minimum Gasteiger partial charge on any atom is -0.445 e. The zero-order chi connectivity index (χ0) is 19.7. The number of nitrogens with one attached hydrogen (secondary N) is 1. The molecule has 1 amide bonds. The number of alkyl halides is 3. The molecular formula is C18H22Cl3N3O2. The van der Waals surface area contributed by atoms with Crippen molar-refractivity contribution in [1.82, 2.24) is 9.78 Å². The molecule has 0 atom stereocenters. The Labute approximate surface area is 168 Å². The molecule has 0 saturated heterocycles. The van der Waals surface area contributed by atoms with Gasteiger partial charge in [0, 0.05) is 11.5 Å². The Hall–Kier alpha value is -1.43. The number of ether oxygens (including phenoxy) is 1. The maximum absolute atomic E-state index is 12.1. The van der Waals surface area contributed by atoms with Gasteiger partial charge in [0.1, 0.15) is 12.4 Å². The quantitative estimate of drug-likeness (QED) is 0.650. The number of carbonyl (C=O) groups is 1. The van der Waals surface area contributed by atoms with E-state index in [0.717, 1.165) is 22.5 Å². The van der Waals surface area contributed by atoms with Crippen LogP contribution in [0, 0.1) is 13.8 Å². The summed E-state index contributed by atoms with van der Waals surface area (Å²) in [5.74, 6) is 0.484. The second-order valence-electron chi connectivity index (χ2n) is 7.18. The highest BCUT2D eigenvalue weighted by Gasteiger charge is 2.25. The summed E-state index contributed by atoms with van der Waals surface area (Å²) in [6.45, 7) is 9.78. The highest BCUT2D eigenvalue weighted by molar-refractivity contribution is 6.67. The molecule has 0 fully saturated rings. The van der Waals surface area contributed by atoms with Gasteiger partial charge in [-0.05, 0) is 31.0 Å². The maximum atomic E-state index is 12.1. The van der Waals surface area contributed by atoms with Gasteiger partial charge < -0.3 is 4.74 Å². The third-order valence-electron chi connectivity index (χ3n) is 3.67.